The highest BCUT2D eigenvalue weighted by molar-refractivity contribution is 6.31. The maximum absolute atomic E-state index is 15.0. The highest BCUT2D eigenvalue weighted by Crippen LogP contribution is 2.57. The Bertz CT molecular complexity index is 1220. The largest absolute Gasteiger partial charge is 0.352 e. The maximum Gasteiger partial charge on any atom is 0.238 e. The smallest absolute Gasteiger partial charge is 0.238 e. The minimum Gasteiger partial charge on any atom is -0.352 e. The molecule has 0 bridgehead atoms. The predicted molar refractivity (Wildman–Crippen MR) is 146 cm³/mol. The fourth-order valence-electron chi connectivity index (χ4n) is 6.67. The van der Waals surface area contributed by atoms with Crippen molar-refractivity contribution in [3.05, 3.63) is 63.4 Å². The van der Waals surface area contributed by atoms with Gasteiger partial charge in [0, 0.05) is 28.7 Å². The van der Waals surface area contributed by atoms with E-state index in [-0.39, 0.29) is 28.3 Å². The third-order valence-electron chi connectivity index (χ3n) is 8.14. The minimum absolute atomic E-state index is 0.0553. The van der Waals surface area contributed by atoms with Crippen molar-refractivity contribution in [1.29, 1.82) is 0 Å². The van der Waals surface area contributed by atoms with Crippen molar-refractivity contribution in [3.8, 4) is 0 Å². The summed E-state index contributed by atoms with van der Waals surface area (Å²) in [5.41, 5.74) is 0.370. The number of amides is 2. The van der Waals surface area contributed by atoms with Gasteiger partial charge in [-0.2, -0.15) is 0 Å². The van der Waals surface area contributed by atoms with Crippen LogP contribution >= 0.6 is 23.2 Å². The quantitative estimate of drug-likeness (QED) is 0.420. The summed E-state index contributed by atoms with van der Waals surface area (Å²) in [7, 11) is 0. The molecule has 0 radical (unpaired) electrons. The van der Waals surface area contributed by atoms with Crippen LogP contribution in [0.1, 0.15) is 76.3 Å². The first kappa shape index (κ1) is 26.5. The van der Waals surface area contributed by atoms with E-state index in [1.807, 2.05) is 18.2 Å². The van der Waals surface area contributed by atoms with E-state index in [1.54, 1.807) is 6.07 Å². The van der Waals surface area contributed by atoms with E-state index < -0.39 is 29.2 Å². The van der Waals surface area contributed by atoms with E-state index in [4.69, 9.17) is 23.2 Å². The zero-order valence-electron chi connectivity index (χ0n) is 21.5. The van der Waals surface area contributed by atoms with Gasteiger partial charge in [0.15, 0.2) is 0 Å². The third-order valence-corrected chi connectivity index (χ3v) is 8.67. The van der Waals surface area contributed by atoms with Gasteiger partial charge in [-0.05, 0) is 60.1 Å². The molecule has 1 aliphatic carbocycles. The lowest BCUT2D eigenvalue weighted by Gasteiger charge is -2.37. The topological polar surface area (TPSA) is 70.2 Å². The first-order valence-electron chi connectivity index (χ1n) is 13.1. The van der Waals surface area contributed by atoms with Gasteiger partial charge in [-0.3, -0.25) is 9.59 Å². The number of halogens is 3. The van der Waals surface area contributed by atoms with Crippen LogP contribution in [0.15, 0.2) is 36.4 Å². The summed E-state index contributed by atoms with van der Waals surface area (Å²) in [5.74, 6) is -1.60. The van der Waals surface area contributed by atoms with Crippen LogP contribution in [0.5, 0.6) is 0 Å². The van der Waals surface area contributed by atoms with Crippen LogP contribution < -0.4 is 16.0 Å². The Morgan fingerprint density at radius 1 is 1.14 bits per heavy atom. The molecule has 1 spiro atoms. The standard InChI is InChI=1S/C29H34Cl2FN3O2/c1-28(2,3)15-23-29(19-13-21(32)20(31)14-22(19)34-27(29)37)24(16-8-7-9-17(30)12-16)25(35-23)26(36)33-18-10-5-4-6-11-18/h7-9,12-14,18,23-25,35H,4-6,10-11,15H2,1-3H3,(H,33,36)(H,34,37). The van der Waals surface area contributed by atoms with E-state index >= 15 is 0 Å². The molecule has 3 aliphatic rings. The summed E-state index contributed by atoms with van der Waals surface area (Å²) >= 11 is 12.5. The summed E-state index contributed by atoms with van der Waals surface area (Å²) in [4.78, 5) is 28.1. The van der Waals surface area contributed by atoms with Crippen molar-refractivity contribution < 1.29 is 14.0 Å². The Labute approximate surface area is 227 Å². The van der Waals surface area contributed by atoms with Gasteiger partial charge >= 0.3 is 0 Å². The molecule has 5 rings (SSSR count). The third kappa shape index (κ3) is 4.77. The second-order valence-electron chi connectivity index (χ2n) is 12.0. The number of hydrogen-bond donors (Lipinski definition) is 3. The van der Waals surface area contributed by atoms with Gasteiger partial charge in [-0.15, -0.1) is 0 Å². The zero-order chi connectivity index (χ0) is 26.5. The Morgan fingerprint density at radius 3 is 2.54 bits per heavy atom. The summed E-state index contributed by atoms with van der Waals surface area (Å²) < 4.78 is 15.0. The lowest BCUT2D eigenvalue weighted by molar-refractivity contribution is -0.124. The molecule has 3 N–H and O–H groups in total. The van der Waals surface area contributed by atoms with Gasteiger partial charge in [0.1, 0.15) is 11.2 Å². The van der Waals surface area contributed by atoms with Crippen LogP contribution in [-0.4, -0.2) is 29.9 Å². The number of carbonyl (C=O) groups excluding carboxylic acids is 2. The van der Waals surface area contributed by atoms with Crippen LogP contribution in [0.4, 0.5) is 10.1 Å². The summed E-state index contributed by atoms with van der Waals surface area (Å²) in [6.45, 7) is 6.30. The Morgan fingerprint density at radius 2 is 1.86 bits per heavy atom. The average Bonchev–Trinajstić information content (AvgIpc) is 3.29. The molecule has 2 aliphatic heterocycles. The fourth-order valence-corrected chi connectivity index (χ4v) is 7.03. The number of rotatable bonds is 4. The SMILES string of the molecule is CC(C)(C)CC1NC(C(=O)NC2CCCCC2)C(c2cccc(Cl)c2)C12C(=O)Nc1cc(Cl)c(F)cc12. The molecule has 4 atom stereocenters. The molecule has 2 aromatic rings. The number of carbonyl (C=O) groups is 2. The lowest BCUT2D eigenvalue weighted by Crippen LogP contribution is -2.49. The molecule has 2 fully saturated rings. The summed E-state index contributed by atoms with van der Waals surface area (Å²) in [6, 6.07) is 9.13. The van der Waals surface area contributed by atoms with E-state index in [0.29, 0.717) is 22.7 Å². The van der Waals surface area contributed by atoms with Gasteiger partial charge in [-0.25, -0.2) is 4.39 Å². The molecule has 1 saturated carbocycles. The first-order valence-corrected chi connectivity index (χ1v) is 13.9. The maximum atomic E-state index is 15.0. The average molecular weight is 547 g/mol. The van der Waals surface area contributed by atoms with Crippen LogP contribution in [0.3, 0.4) is 0 Å². The molecule has 4 unspecified atom stereocenters. The van der Waals surface area contributed by atoms with Crippen molar-refractivity contribution in [2.24, 2.45) is 5.41 Å². The van der Waals surface area contributed by atoms with Gasteiger partial charge in [0.25, 0.3) is 0 Å². The van der Waals surface area contributed by atoms with Crippen LogP contribution in [0.2, 0.25) is 10.0 Å². The molecule has 5 nitrogen and oxygen atoms in total. The molecular formula is C29H34Cl2FN3O2. The number of nitrogens with one attached hydrogen (secondary N) is 3. The van der Waals surface area contributed by atoms with Crippen molar-refractivity contribution in [3.63, 3.8) is 0 Å². The molecule has 37 heavy (non-hydrogen) atoms. The van der Waals surface area contributed by atoms with Gasteiger partial charge in [0.05, 0.1) is 11.1 Å². The van der Waals surface area contributed by atoms with Gasteiger partial charge in [0.2, 0.25) is 11.8 Å². The minimum atomic E-state index is -1.23. The normalized spacial score (nSPS) is 27.8. The van der Waals surface area contributed by atoms with E-state index in [2.05, 4.69) is 36.7 Å². The second kappa shape index (κ2) is 9.87. The highest BCUT2D eigenvalue weighted by Gasteiger charge is 2.66. The van der Waals surface area contributed by atoms with Crippen LogP contribution in [0.25, 0.3) is 0 Å². The second-order valence-corrected chi connectivity index (χ2v) is 12.8. The van der Waals surface area contributed by atoms with Crippen LogP contribution in [0, 0.1) is 11.2 Å². The number of anilines is 1. The molecule has 8 heteroatoms. The molecular weight excluding hydrogens is 512 g/mol. The molecule has 1 saturated heterocycles. The van der Waals surface area contributed by atoms with Crippen molar-refractivity contribution >= 4 is 40.7 Å². The number of fused-ring (bicyclic) bond motifs is 2. The number of benzene rings is 2. The Balaban J connectivity index is 1.69. The molecule has 198 valence electrons. The van der Waals surface area contributed by atoms with Gasteiger partial charge in [-0.1, -0.05) is 75.4 Å². The van der Waals surface area contributed by atoms with Crippen LogP contribution in [-0.2, 0) is 15.0 Å². The molecule has 2 heterocycles. The molecule has 0 aromatic heterocycles. The Hall–Kier alpha value is -2.15. The molecule has 2 aromatic carbocycles. The first-order chi connectivity index (χ1) is 17.5. The highest BCUT2D eigenvalue weighted by atomic mass is 35.5. The monoisotopic (exact) mass is 545 g/mol. The number of hydrogen-bond acceptors (Lipinski definition) is 3. The van der Waals surface area contributed by atoms with E-state index in [0.717, 1.165) is 31.2 Å². The molecule has 2 amide bonds. The lowest BCUT2D eigenvalue weighted by atomic mass is 9.62. The Kier molecular flexibility index (Phi) is 7.05. The van der Waals surface area contributed by atoms with Gasteiger partial charge < -0.3 is 16.0 Å². The van der Waals surface area contributed by atoms with Crippen molar-refractivity contribution in [2.45, 2.75) is 88.8 Å². The summed E-state index contributed by atoms with van der Waals surface area (Å²) in [5, 5.41) is 10.3. The zero-order valence-corrected chi connectivity index (χ0v) is 23.0. The fraction of sp³-hybridized carbons (Fsp3) is 0.517. The predicted octanol–water partition coefficient (Wildman–Crippen LogP) is 6.33. The van der Waals surface area contributed by atoms with E-state index in [9.17, 15) is 14.0 Å². The van der Waals surface area contributed by atoms with E-state index in [1.165, 1.54) is 18.6 Å². The van der Waals surface area contributed by atoms with Crippen molar-refractivity contribution in [1.82, 2.24) is 10.6 Å². The summed E-state index contributed by atoms with van der Waals surface area (Å²) in [6.07, 6.45) is 5.85. The van der Waals surface area contributed by atoms with Crippen molar-refractivity contribution in [2.75, 3.05) is 5.32 Å².